The lowest BCUT2D eigenvalue weighted by Crippen LogP contribution is -2.40. The van der Waals surface area contributed by atoms with E-state index in [9.17, 15) is 0 Å². The second-order valence-electron chi connectivity index (χ2n) is 6.81. The number of benzene rings is 1. The zero-order valence-electron chi connectivity index (χ0n) is 16.7. The molecule has 28 heavy (non-hydrogen) atoms. The van der Waals surface area contributed by atoms with Crippen molar-refractivity contribution in [2.45, 2.75) is 25.9 Å². The van der Waals surface area contributed by atoms with Gasteiger partial charge in [0.2, 0.25) is 0 Å². The number of nitrogens with zero attached hydrogens (tertiary/aromatic N) is 2. The van der Waals surface area contributed by atoms with Gasteiger partial charge in [-0.3, -0.25) is 4.90 Å². The van der Waals surface area contributed by atoms with Gasteiger partial charge in [-0.1, -0.05) is 12.1 Å². The van der Waals surface area contributed by atoms with E-state index in [1.54, 1.807) is 0 Å². The predicted octanol–water partition coefficient (Wildman–Crippen LogP) is 2.11. The fraction of sp³-hybridized carbons (Fsp3) is 0.650. The number of unbranched alkanes of at least 4 members (excludes halogenated alkanes) is 1. The summed E-state index contributed by atoms with van der Waals surface area (Å²) in [7, 11) is 0. The molecule has 0 amide bonds. The predicted molar refractivity (Wildman–Crippen MR) is 122 cm³/mol. The van der Waals surface area contributed by atoms with E-state index in [0.717, 1.165) is 69.8 Å². The summed E-state index contributed by atoms with van der Waals surface area (Å²) in [5, 5.41) is 6.71. The minimum atomic E-state index is -0.0586. The maximum atomic E-state index is 5.97. The molecule has 158 valence electrons. The molecule has 0 aliphatic carbocycles. The van der Waals surface area contributed by atoms with Crippen molar-refractivity contribution in [3.8, 4) is 11.5 Å². The highest BCUT2D eigenvalue weighted by molar-refractivity contribution is 14.0. The average molecular weight is 504 g/mol. The first-order valence-corrected chi connectivity index (χ1v) is 10.1. The lowest BCUT2D eigenvalue weighted by molar-refractivity contribution is 0.0372. The number of para-hydroxylation sites is 2. The van der Waals surface area contributed by atoms with Gasteiger partial charge in [0.15, 0.2) is 23.6 Å². The molecule has 0 spiro atoms. The van der Waals surface area contributed by atoms with Crippen molar-refractivity contribution in [3.63, 3.8) is 0 Å². The molecule has 1 aromatic carbocycles. The van der Waals surface area contributed by atoms with Gasteiger partial charge < -0.3 is 24.8 Å². The molecule has 2 aliphatic heterocycles. The van der Waals surface area contributed by atoms with Crippen LogP contribution in [-0.4, -0.2) is 76.1 Å². The Hall–Kier alpha value is -1.26. The number of hydrogen-bond donors (Lipinski definition) is 2. The van der Waals surface area contributed by atoms with Crippen LogP contribution in [0, 0.1) is 0 Å². The van der Waals surface area contributed by atoms with Crippen LogP contribution >= 0.6 is 24.0 Å². The Morgan fingerprint density at radius 1 is 1.14 bits per heavy atom. The van der Waals surface area contributed by atoms with Crippen molar-refractivity contribution in [3.05, 3.63) is 24.3 Å². The minimum absolute atomic E-state index is 0. The number of hydrogen-bond acceptors (Lipinski definition) is 5. The van der Waals surface area contributed by atoms with Gasteiger partial charge in [0.25, 0.3) is 0 Å². The quantitative estimate of drug-likeness (QED) is 0.245. The van der Waals surface area contributed by atoms with Crippen molar-refractivity contribution < 1.29 is 14.2 Å². The van der Waals surface area contributed by atoms with Crippen LogP contribution in [0.25, 0.3) is 0 Å². The zero-order chi connectivity index (χ0) is 18.7. The van der Waals surface area contributed by atoms with Crippen LogP contribution in [0.15, 0.2) is 29.3 Å². The van der Waals surface area contributed by atoms with Crippen LogP contribution in [0.3, 0.4) is 0 Å². The van der Waals surface area contributed by atoms with E-state index in [0.29, 0.717) is 13.2 Å². The molecule has 7 nitrogen and oxygen atoms in total. The Bertz CT molecular complexity index is 597. The third kappa shape index (κ3) is 7.63. The van der Waals surface area contributed by atoms with Gasteiger partial charge in [-0.05, 0) is 38.4 Å². The van der Waals surface area contributed by atoms with E-state index in [2.05, 4.69) is 27.4 Å². The fourth-order valence-corrected chi connectivity index (χ4v) is 3.18. The number of ether oxygens (including phenoxy) is 3. The smallest absolute Gasteiger partial charge is 0.191 e. The van der Waals surface area contributed by atoms with Crippen molar-refractivity contribution in [1.82, 2.24) is 15.5 Å². The third-order valence-corrected chi connectivity index (χ3v) is 4.66. The molecular formula is C20H33IN4O3. The highest BCUT2D eigenvalue weighted by Crippen LogP contribution is 2.30. The molecule has 3 rings (SSSR count). The van der Waals surface area contributed by atoms with Crippen molar-refractivity contribution in [1.29, 1.82) is 0 Å². The Balaban J connectivity index is 0.00000280. The molecule has 2 aliphatic rings. The van der Waals surface area contributed by atoms with Gasteiger partial charge in [0.05, 0.1) is 19.8 Å². The maximum Gasteiger partial charge on any atom is 0.191 e. The second-order valence-corrected chi connectivity index (χ2v) is 6.81. The van der Waals surface area contributed by atoms with Crippen LogP contribution in [0.5, 0.6) is 11.5 Å². The first-order valence-electron chi connectivity index (χ1n) is 10.1. The van der Waals surface area contributed by atoms with E-state index in [-0.39, 0.29) is 30.1 Å². The Labute approximate surface area is 185 Å². The fourth-order valence-electron chi connectivity index (χ4n) is 3.18. The van der Waals surface area contributed by atoms with Gasteiger partial charge in [-0.15, -0.1) is 24.0 Å². The number of halogens is 1. The topological polar surface area (TPSA) is 67.4 Å². The van der Waals surface area contributed by atoms with E-state index in [1.165, 1.54) is 6.42 Å². The molecule has 1 saturated heterocycles. The minimum Gasteiger partial charge on any atom is -0.486 e. The molecular weight excluding hydrogens is 471 g/mol. The summed E-state index contributed by atoms with van der Waals surface area (Å²) >= 11 is 0. The number of aliphatic imine (C=N–C) groups is 1. The van der Waals surface area contributed by atoms with E-state index in [1.807, 2.05) is 24.3 Å². The van der Waals surface area contributed by atoms with Crippen LogP contribution < -0.4 is 20.1 Å². The molecule has 0 aromatic heterocycles. The molecule has 1 aromatic rings. The first kappa shape index (κ1) is 23.0. The van der Waals surface area contributed by atoms with Crippen LogP contribution in [-0.2, 0) is 4.74 Å². The van der Waals surface area contributed by atoms with Gasteiger partial charge in [0, 0.05) is 26.2 Å². The number of fused-ring (bicyclic) bond motifs is 1. The monoisotopic (exact) mass is 504 g/mol. The third-order valence-electron chi connectivity index (χ3n) is 4.66. The number of rotatable bonds is 8. The highest BCUT2D eigenvalue weighted by Gasteiger charge is 2.20. The largest absolute Gasteiger partial charge is 0.486 e. The number of nitrogens with one attached hydrogen (secondary N) is 2. The van der Waals surface area contributed by atoms with Crippen LogP contribution in [0.4, 0.5) is 0 Å². The summed E-state index contributed by atoms with van der Waals surface area (Å²) in [6, 6.07) is 7.77. The summed E-state index contributed by atoms with van der Waals surface area (Å²) in [5.74, 6) is 2.44. The first-order chi connectivity index (χ1) is 13.3. The van der Waals surface area contributed by atoms with Crippen LogP contribution in [0.1, 0.15) is 19.8 Å². The van der Waals surface area contributed by atoms with Crippen molar-refractivity contribution in [2.75, 3.05) is 59.1 Å². The number of guanidine groups is 1. The zero-order valence-corrected chi connectivity index (χ0v) is 19.0. The molecule has 0 saturated carbocycles. The maximum absolute atomic E-state index is 5.97. The SMILES string of the molecule is CCNC(=NCC1COc2ccccc2O1)NCCCCN1CCOCC1.I. The summed E-state index contributed by atoms with van der Waals surface area (Å²) in [5.41, 5.74) is 0. The molecule has 8 heteroatoms. The molecule has 1 atom stereocenters. The Morgan fingerprint density at radius 2 is 1.93 bits per heavy atom. The van der Waals surface area contributed by atoms with E-state index >= 15 is 0 Å². The van der Waals surface area contributed by atoms with E-state index in [4.69, 9.17) is 14.2 Å². The molecule has 1 fully saturated rings. The molecule has 2 N–H and O–H groups in total. The highest BCUT2D eigenvalue weighted by atomic mass is 127. The Morgan fingerprint density at radius 3 is 2.71 bits per heavy atom. The lowest BCUT2D eigenvalue weighted by Gasteiger charge is -2.26. The summed E-state index contributed by atoms with van der Waals surface area (Å²) < 4.78 is 17.1. The lowest BCUT2D eigenvalue weighted by atomic mass is 10.2. The summed E-state index contributed by atoms with van der Waals surface area (Å²) in [4.78, 5) is 7.13. The van der Waals surface area contributed by atoms with Gasteiger partial charge in [-0.2, -0.15) is 0 Å². The molecule has 0 radical (unpaired) electrons. The van der Waals surface area contributed by atoms with Gasteiger partial charge >= 0.3 is 0 Å². The van der Waals surface area contributed by atoms with Crippen molar-refractivity contribution >= 4 is 29.9 Å². The van der Waals surface area contributed by atoms with E-state index < -0.39 is 0 Å². The Kier molecular flexibility index (Phi) is 10.7. The van der Waals surface area contributed by atoms with Gasteiger partial charge in [-0.25, -0.2) is 4.99 Å². The molecule has 0 bridgehead atoms. The summed E-state index contributed by atoms with van der Waals surface area (Å²) in [6.07, 6.45) is 2.25. The van der Waals surface area contributed by atoms with Crippen LogP contribution in [0.2, 0.25) is 0 Å². The molecule has 1 unspecified atom stereocenters. The van der Waals surface area contributed by atoms with Gasteiger partial charge in [0.1, 0.15) is 6.61 Å². The second kappa shape index (κ2) is 13.1. The standard InChI is InChI=1S/C20H32N4O3.HI/c1-2-21-20(22-9-5-6-10-24-11-13-25-14-12-24)23-15-17-16-26-18-7-3-4-8-19(18)27-17;/h3-4,7-8,17H,2,5-6,9-16H2,1H3,(H2,21,22,23);1H. The average Bonchev–Trinajstić information content (AvgIpc) is 2.72. The summed E-state index contributed by atoms with van der Waals surface area (Å²) in [6.45, 7) is 9.92. The normalized spacial score (nSPS) is 19.6. The number of morpholine rings is 1. The molecule has 2 heterocycles. The van der Waals surface area contributed by atoms with Crippen molar-refractivity contribution in [2.24, 2.45) is 4.99 Å².